The third-order valence-electron chi connectivity index (χ3n) is 5.97. The summed E-state index contributed by atoms with van der Waals surface area (Å²) in [5.74, 6) is 0.929. The number of oxazole rings is 1. The van der Waals surface area contributed by atoms with Crippen LogP contribution in [0.2, 0.25) is 0 Å². The zero-order valence-corrected chi connectivity index (χ0v) is 18.1. The maximum atomic E-state index is 13.1. The second kappa shape index (κ2) is 8.79. The first-order valence-corrected chi connectivity index (χ1v) is 10.6. The molecule has 1 heterocycles. The summed E-state index contributed by atoms with van der Waals surface area (Å²) < 4.78 is 11.4. The van der Waals surface area contributed by atoms with E-state index in [2.05, 4.69) is 10.3 Å². The van der Waals surface area contributed by atoms with Gasteiger partial charge in [-0.2, -0.15) is 0 Å². The summed E-state index contributed by atoms with van der Waals surface area (Å²) >= 11 is 0. The molecule has 1 fully saturated rings. The SMILES string of the molecule is CCNC(=O)[C@H]1CC[C@@H](N(C)C(=O)c2ccc(-c3nc4ccccc4o3)c(OC)c2)C1. The van der Waals surface area contributed by atoms with E-state index in [1.54, 1.807) is 37.3 Å². The van der Waals surface area contributed by atoms with Crippen molar-refractivity contribution in [2.24, 2.45) is 5.92 Å². The summed E-state index contributed by atoms with van der Waals surface area (Å²) in [6.45, 7) is 2.54. The van der Waals surface area contributed by atoms with Crippen molar-refractivity contribution in [2.75, 3.05) is 20.7 Å². The molecule has 7 heteroatoms. The van der Waals surface area contributed by atoms with Gasteiger partial charge in [0.2, 0.25) is 11.8 Å². The molecule has 162 valence electrons. The number of amides is 2. The number of aromatic nitrogens is 1. The number of carbonyl (C=O) groups is 2. The van der Waals surface area contributed by atoms with Crippen molar-refractivity contribution in [3.63, 3.8) is 0 Å². The lowest BCUT2D eigenvalue weighted by Gasteiger charge is -2.25. The van der Waals surface area contributed by atoms with Gasteiger partial charge in [-0.3, -0.25) is 9.59 Å². The normalized spacial score (nSPS) is 18.2. The zero-order chi connectivity index (χ0) is 22.0. The van der Waals surface area contributed by atoms with Crippen molar-refractivity contribution >= 4 is 22.9 Å². The highest BCUT2D eigenvalue weighted by atomic mass is 16.5. The summed E-state index contributed by atoms with van der Waals surface area (Å²) in [6.07, 6.45) is 2.31. The molecule has 7 nitrogen and oxygen atoms in total. The van der Waals surface area contributed by atoms with Crippen LogP contribution in [0.5, 0.6) is 5.75 Å². The van der Waals surface area contributed by atoms with Gasteiger partial charge in [-0.25, -0.2) is 4.98 Å². The van der Waals surface area contributed by atoms with Gasteiger partial charge in [0.05, 0.1) is 12.7 Å². The lowest BCUT2D eigenvalue weighted by molar-refractivity contribution is -0.124. The molecule has 0 unspecified atom stereocenters. The molecular formula is C24H27N3O4. The Morgan fingerprint density at radius 3 is 2.77 bits per heavy atom. The van der Waals surface area contributed by atoms with Crippen LogP contribution in [-0.2, 0) is 4.79 Å². The number of hydrogen-bond donors (Lipinski definition) is 1. The third kappa shape index (κ3) is 4.13. The molecule has 1 N–H and O–H groups in total. The smallest absolute Gasteiger partial charge is 0.253 e. The predicted octanol–water partition coefficient (Wildman–Crippen LogP) is 3.88. The average Bonchev–Trinajstić information content (AvgIpc) is 3.45. The summed E-state index contributed by atoms with van der Waals surface area (Å²) in [7, 11) is 3.36. The molecule has 0 spiro atoms. The minimum atomic E-state index is -0.0936. The first-order valence-electron chi connectivity index (χ1n) is 10.6. The van der Waals surface area contributed by atoms with E-state index in [1.165, 1.54) is 0 Å². The fraction of sp³-hybridized carbons (Fsp3) is 0.375. The number of hydrogen-bond acceptors (Lipinski definition) is 5. The predicted molar refractivity (Wildman–Crippen MR) is 118 cm³/mol. The number of nitrogens with one attached hydrogen (secondary N) is 1. The standard InChI is InChI=1S/C24H27N3O4/c1-4-25-22(28)15-9-11-17(13-15)27(2)24(29)16-10-12-18(21(14-16)30-3)23-26-19-7-5-6-8-20(19)31-23/h5-8,10,12,14-15,17H,4,9,11,13H2,1-3H3,(H,25,28)/t15-,17+/m0/s1. The van der Waals surface area contributed by atoms with E-state index in [0.717, 1.165) is 18.4 Å². The second-order valence-corrected chi connectivity index (χ2v) is 7.88. The molecule has 31 heavy (non-hydrogen) atoms. The summed E-state index contributed by atoms with van der Waals surface area (Å²) in [4.78, 5) is 31.5. The number of benzene rings is 2. The van der Waals surface area contributed by atoms with Crippen LogP contribution in [0.25, 0.3) is 22.6 Å². The van der Waals surface area contributed by atoms with Crippen molar-refractivity contribution in [1.82, 2.24) is 15.2 Å². The molecular weight excluding hydrogens is 394 g/mol. The van der Waals surface area contributed by atoms with E-state index in [1.807, 2.05) is 31.2 Å². The Bertz CT molecular complexity index is 1070. The Kier molecular flexibility index (Phi) is 5.93. The van der Waals surface area contributed by atoms with E-state index in [4.69, 9.17) is 9.15 Å². The molecule has 0 radical (unpaired) electrons. The largest absolute Gasteiger partial charge is 0.496 e. The molecule has 1 aliphatic rings. The fourth-order valence-corrected chi connectivity index (χ4v) is 4.22. The quantitative estimate of drug-likeness (QED) is 0.653. The second-order valence-electron chi connectivity index (χ2n) is 7.88. The molecule has 0 aliphatic heterocycles. The van der Waals surface area contributed by atoms with Crippen LogP contribution in [0.3, 0.4) is 0 Å². The van der Waals surface area contributed by atoms with Crippen molar-refractivity contribution in [3.8, 4) is 17.2 Å². The van der Waals surface area contributed by atoms with Crippen LogP contribution in [-0.4, -0.2) is 48.4 Å². The summed E-state index contributed by atoms with van der Waals surface area (Å²) in [5.41, 5.74) is 2.68. The van der Waals surface area contributed by atoms with Gasteiger partial charge in [-0.15, -0.1) is 0 Å². The Morgan fingerprint density at radius 2 is 2.03 bits per heavy atom. The van der Waals surface area contributed by atoms with Crippen molar-refractivity contribution < 1.29 is 18.7 Å². The minimum absolute atomic E-state index is 0.0312. The number of ether oxygens (including phenoxy) is 1. The van der Waals surface area contributed by atoms with Gasteiger partial charge in [0, 0.05) is 31.1 Å². The maximum absolute atomic E-state index is 13.1. The van der Waals surface area contributed by atoms with Gasteiger partial charge in [-0.1, -0.05) is 12.1 Å². The molecule has 1 saturated carbocycles. The Balaban J connectivity index is 1.53. The lowest BCUT2D eigenvalue weighted by atomic mass is 10.1. The van der Waals surface area contributed by atoms with Crippen molar-refractivity contribution in [3.05, 3.63) is 48.0 Å². The number of carbonyl (C=O) groups excluding carboxylic acids is 2. The van der Waals surface area contributed by atoms with E-state index in [9.17, 15) is 9.59 Å². The zero-order valence-electron chi connectivity index (χ0n) is 18.1. The molecule has 2 atom stereocenters. The number of methoxy groups -OCH3 is 1. The van der Waals surface area contributed by atoms with Crippen LogP contribution in [0.1, 0.15) is 36.5 Å². The number of fused-ring (bicyclic) bond motifs is 1. The molecule has 2 amide bonds. The van der Waals surface area contributed by atoms with E-state index in [-0.39, 0.29) is 23.8 Å². The fourth-order valence-electron chi connectivity index (χ4n) is 4.22. The summed E-state index contributed by atoms with van der Waals surface area (Å²) in [5, 5.41) is 2.88. The molecule has 0 bridgehead atoms. The van der Waals surface area contributed by atoms with Crippen LogP contribution < -0.4 is 10.1 Å². The first-order chi connectivity index (χ1) is 15.0. The molecule has 3 aromatic rings. The van der Waals surface area contributed by atoms with Gasteiger partial charge >= 0.3 is 0 Å². The molecule has 1 aliphatic carbocycles. The summed E-state index contributed by atoms with van der Waals surface area (Å²) in [6, 6.07) is 12.9. The van der Waals surface area contributed by atoms with Gasteiger partial charge in [0.25, 0.3) is 5.91 Å². The van der Waals surface area contributed by atoms with Gasteiger partial charge in [0.1, 0.15) is 11.3 Å². The van der Waals surface area contributed by atoms with E-state index in [0.29, 0.717) is 41.3 Å². The van der Waals surface area contributed by atoms with Crippen LogP contribution >= 0.6 is 0 Å². The third-order valence-corrected chi connectivity index (χ3v) is 5.97. The first kappa shape index (κ1) is 20.9. The van der Waals surface area contributed by atoms with E-state index < -0.39 is 0 Å². The monoisotopic (exact) mass is 421 g/mol. The van der Waals surface area contributed by atoms with Crippen LogP contribution in [0.4, 0.5) is 0 Å². The molecule has 2 aromatic carbocycles. The Morgan fingerprint density at radius 1 is 1.23 bits per heavy atom. The van der Waals surface area contributed by atoms with Crippen molar-refractivity contribution in [1.29, 1.82) is 0 Å². The Hall–Kier alpha value is -3.35. The van der Waals surface area contributed by atoms with Gasteiger partial charge < -0.3 is 19.4 Å². The maximum Gasteiger partial charge on any atom is 0.253 e. The number of nitrogens with zero attached hydrogens (tertiary/aromatic N) is 2. The van der Waals surface area contributed by atoms with Crippen LogP contribution in [0, 0.1) is 5.92 Å². The van der Waals surface area contributed by atoms with Crippen molar-refractivity contribution in [2.45, 2.75) is 32.2 Å². The lowest BCUT2D eigenvalue weighted by Crippen LogP contribution is -2.36. The van der Waals surface area contributed by atoms with Gasteiger partial charge in [0.15, 0.2) is 5.58 Å². The molecule has 0 saturated heterocycles. The Labute approximate surface area is 181 Å². The van der Waals surface area contributed by atoms with Crippen LogP contribution in [0.15, 0.2) is 46.9 Å². The highest BCUT2D eigenvalue weighted by Crippen LogP contribution is 2.34. The topological polar surface area (TPSA) is 84.7 Å². The highest BCUT2D eigenvalue weighted by Gasteiger charge is 2.34. The molecule has 1 aromatic heterocycles. The molecule has 4 rings (SSSR count). The highest BCUT2D eigenvalue weighted by molar-refractivity contribution is 5.95. The number of para-hydroxylation sites is 2. The average molecular weight is 421 g/mol. The minimum Gasteiger partial charge on any atom is -0.496 e. The van der Waals surface area contributed by atoms with Gasteiger partial charge in [-0.05, 0) is 56.5 Å². The van der Waals surface area contributed by atoms with E-state index >= 15 is 0 Å². The number of rotatable bonds is 6.